The van der Waals surface area contributed by atoms with Crippen LogP contribution in [0.1, 0.15) is 0 Å². The Morgan fingerprint density at radius 2 is 2.00 bits per heavy atom. The first kappa shape index (κ1) is 11.7. The largest absolute Gasteiger partial charge is 0.363 e. The van der Waals surface area contributed by atoms with Crippen molar-refractivity contribution in [2.75, 3.05) is 24.3 Å². The number of anilines is 3. The van der Waals surface area contributed by atoms with Crippen LogP contribution in [-0.2, 0) is 0 Å². The predicted octanol–water partition coefficient (Wildman–Crippen LogP) is 2.94. The van der Waals surface area contributed by atoms with Crippen LogP contribution in [0.25, 0.3) is 0 Å². The van der Waals surface area contributed by atoms with Gasteiger partial charge in [-0.2, -0.15) is 0 Å². The first-order chi connectivity index (χ1) is 8.15. The number of benzene rings is 1. The van der Waals surface area contributed by atoms with Gasteiger partial charge < -0.3 is 10.2 Å². The van der Waals surface area contributed by atoms with Crippen molar-refractivity contribution in [1.29, 1.82) is 0 Å². The van der Waals surface area contributed by atoms with Crippen molar-refractivity contribution in [2.24, 2.45) is 0 Å². The summed E-state index contributed by atoms with van der Waals surface area (Å²) >= 11 is 5.91. The molecule has 0 saturated carbocycles. The molecular formula is C12H13ClN4. The minimum absolute atomic E-state index is 0.692. The molecule has 0 aliphatic heterocycles. The second-order valence-electron chi connectivity index (χ2n) is 3.79. The average molecular weight is 249 g/mol. The summed E-state index contributed by atoms with van der Waals surface area (Å²) in [5.41, 5.74) is 0.904. The molecule has 1 N–H and O–H groups in total. The number of aromatic nitrogens is 2. The predicted molar refractivity (Wildman–Crippen MR) is 71.1 cm³/mol. The van der Waals surface area contributed by atoms with E-state index in [1.807, 2.05) is 49.3 Å². The lowest BCUT2D eigenvalue weighted by Gasteiger charge is -2.12. The molecule has 2 aromatic rings. The van der Waals surface area contributed by atoms with E-state index in [-0.39, 0.29) is 0 Å². The molecule has 1 aromatic heterocycles. The molecule has 5 heteroatoms. The molecule has 4 nitrogen and oxygen atoms in total. The third-order valence-electron chi connectivity index (χ3n) is 2.21. The summed E-state index contributed by atoms with van der Waals surface area (Å²) in [5, 5.41) is 3.87. The first-order valence-electron chi connectivity index (χ1n) is 5.17. The Balaban J connectivity index is 2.21. The lowest BCUT2D eigenvalue weighted by molar-refractivity contribution is 1.04. The van der Waals surface area contributed by atoms with Gasteiger partial charge in [-0.15, -0.1) is 0 Å². The SMILES string of the molecule is CN(C)c1cc(Nc2cccc(Cl)c2)ncn1. The molecule has 0 fully saturated rings. The third-order valence-corrected chi connectivity index (χ3v) is 2.44. The summed E-state index contributed by atoms with van der Waals surface area (Å²) < 4.78 is 0. The molecule has 0 bridgehead atoms. The van der Waals surface area contributed by atoms with Gasteiger partial charge in [0, 0.05) is 30.9 Å². The molecule has 0 unspecified atom stereocenters. The normalized spacial score (nSPS) is 10.1. The van der Waals surface area contributed by atoms with Crippen LogP contribution in [0.4, 0.5) is 17.3 Å². The summed E-state index contributed by atoms with van der Waals surface area (Å²) in [7, 11) is 3.87. The lowest BCUT2D eigenvalue weighted by Crippen LogP contribution is -2.11. The van der Waals surface area contributed by atoms with Crippen molar-refractivity contribution in [3.63, 3.8) is 0 Å². The van der Waals surface area contributed by atoms with Crippen molar-refractivity contribution < 1.29 is 0 Å². The molecule has 17 heavy (non-hydrogen) atoms. The Morgan fingerprint density at radius 3 is 2.71 bits per heavy atom. The first-order valence-corrected chi connectivity index (χ1v) is 5.55. The lowest BCUT2D eigenvalue weighted by atomic mass is 10.3. The van der Waals surface area contributed by atoms with E-state index in [9.17, 15) is 0 Å². The molecule has 0 aliphatic rings. The van der Waals surface area contributed by atoms with Crippen molar-refractivity contribution in [3.8, 4) is 0 Å². The highest BCUT2D eigenvalue weighted by Crippen LogP contribution is 2.20. The fraction of sp³-hybridized carbons (Fsp3) is 0.167. The number of halogens is 1. The van der Waals surface area contributed by atoms with Crippen LogP contribution in [0.5, 0.6) is 0 Å². The molecule has 0 amide bonds. The Labute approximate surface area is 105 Å². The highest BCUT2D eigenvalue weighted by Gasteiger charge is 2.01. The summed E-state index contributed by atoms with van der Waals surface area (Å²) in [6.07, 6.45) is 1.53. The maximum Gasteiger partial charge on any atom is 0.135 e. The molecule has 0 radical (unpaired) electrons. The number of hydrogen-bond acceptors (Lipinski definition) is 4. The van der Waals surface area contributed by atoms with Crippen molar-refractivity contribution in [2.45, 2.75) is 0 Å². The van der Waals surface area contributed by atoms with Gasteiger partial charge in [0.25, 0.3) is 0 Å². The number of nitrogens with one attached hydrogen (secondary N) is 1. The van der Waals surface area contributed by atoms with Crippen LogP contribution in [0.3, 0.4) is 0 Å². The highest BCUT2D eigenvalue weighted by atomic mass is 35.5. The van der Waals surface area contributed by atoms with E-state index in [0.29, 0.717) is 5.02 Å². The second kappa shape index (κ2) is 5.01. The fourth-order valence-electron chi connectivity index (χ4n) is 1.37. The molecule has 88 valence electrons. The number of nitrogens with zero attached hydrogens (tertiary/aromatic N) is 3. The Kier molecular flexibility index (Phi) is 3.44. The highest BCUT2D eigenvalue weighted by molar-refractivity contribution is 6.30. The van der Waals surface area contributed by atoms with Crippen LogP contribution in [0.2, 0.25) is 5.02 Å². The van der Waals surface area contributed by atoms with E-state index < -0.39 is 0 Å². The van der Waals surface area contributed by atoms with E-state index in [2.05, 4.69) is 15.3 Å². The molecule has 0 saturated heterocycles. The maximum absolute atomic E-state index is 5.91. The summed E-state index contributed by atoms with van der Waals surface area (Å²) in [5.74, 6) is 1.59. The zero-order valence-corrected chi connectivity index (χ0v) is 10.4. The summed E-state index contributed by atoms with van der Waals surface area (Å²) in [6.45, 7) is 0. The van der Waals surface area contributed by atoms with Gasteiger partial charge in [0.15, 0.2) is 0 Å². The smallest absolute Gasteiger partial charge is 0.135 e. The molecule has 0 spiro atoms. The minimum Gasteiger partial charge on any atom is -0.363 e. The summed E-state index contributed by atoms with van der Waals surface area (Å²) in [6, 6.07) is 9.37. The summed E-state index contributed by atoms with van der Waals surface area (Å²) in [4.78, 5) is 10.2. The average Bonchev–Trinajstić information content (AvgIpc) is 2.29. The molecule has 2 rings (SSSR count). The van der Waals surface area contributed by atoms with Gasteiger partial charge in [-0.3, -0.25) is 0 Å². The van der Waals surface area contributed by atoms with Crippen LogP contribution < -0.4 is 10.2 Å². The van der Waals surface area contributed by atoms with Gasteiger partial charge in [0.2, 0.25) is 0 Å². The maximum atomic E-state index is 5.91. The third kappa shape index (κ3) is 3.07. The monoisotopic (exact) mass is 248 g/mol. The molecule has 0 atom stereocenters. The van der Waals surface area contributed by atoms with Gasteiger partial charge in [0.05, 0.1) is 0 Å². The minimum atomic E-state index is 0.692. The Hall–Kier alpha value is -1.81. The van der Waals surface area contributed by atoms with E-state index in [1.54, 1.807) is 0 Å². The van der Waals surface area contributed by atoms with Gasteiger partial charge in [0.1, 0.15) is 18.0 Å². The molecule has 1 aromatic carbocycles. The van der Waals surface area contributed by atoms with Gasteiger partial charge in [-0.1, -0.05) is 17.7 Å². The van der Waals surface area contributed by atoms with E-state index >= 15 is 0 Å². The molecular weight excluding hydrogens is 236 g/mol. The zero-order valence-electron chi connectivity index (χ0n) is 9.68. The van der Waals surface area contributed by atoms with Gasteiger partial charge >= 0.3 is 0 Å². The standard InChI is InChI=1S/C12H13ClN4/c1-17(2)12-7-11(14-8-15-12)16-10-5-3-4-9(13)6-10/h3-8H,1-2H3,(H,14,15,16). The number of rotatable bonds is 3. The van der Waals surface area contributed by atoms with E-state index in [0.717, 1.165) is 17.3 Å². The quantitative estimate of drug-likeness (QED) is 0.907. The molecule has 1 heterocycles. The van der Waals surface area contributed by atoms with E-state index in [4.69, 9.17) is 11.6 Å². The van der Waals surface area contributed by atoms with E-state index in [1.165, 1.54) is 6.33 Å². The van der Waals surface area contributed by atoms with Crippen molar-refractivity contribution >= 4 is 28.9 Å². The van der Waals surface area contributed by atoms with Crippen LogP contribution >= 0.6 is 11.6 Å². The fourth-order valence-corrected chi connectivity index (χ4v) is 1.56. The molecule has 0 aliphatic carbocycles. The van der Waals surface area contributed by atoms with Crippen LogP contribution in [-0.4, -0.2) is 24.1 Å². The van der Waals surface area contributed by atoms with Crippen molar-refractivity contribution in [1.82, 2.24) is 9.97 Å². The van der Waals surface area contributed by atoms with Gasteiger partial charge in [-0.25, -0.2) is 9.97 Å². The Morgan fingerprint density at radius 1 is 1.18 bits per heavy atom. The second-order valence-corrected chi connectivity index (χ2v) is 4.23. The van der Waals surface area contributed by atoms with Crippen LogP contribution in [0, 0.1) is 0 Å². The number of hydrogen-bond donors (Lipinski definition) is 1. The van der Waals surface area contributed by atoms with Crippen molar-refractivity contribution in [3.05, 3.63) is 41.7 Å². The Bertz CT molecular complexity index is 513. The topological polar surface area (TPSA) is 41.0 Å². The van der Waals surface area contributed by atoms with Crippen LogP contribution in [0.15, 0.2) is 36.7 Å². The zero-order chi connectivity index (χ0) is 12.3. The van der Waals surface area contributed by atoms with Gasteiger partial charge in [-0.05, 0) is 18.2 Å².